The van der Waals surface area contributed by atoms with Gasteiger partial charge in [0.25, 0.3) is 0 Å². The van der Waals surface area contributed by atoms with E-state index in [2.05, 4.69) is 6.58 Å². The molecule has 0 aromatic rings. The van der Waals surface area contributed by atoms with Gasteiger partial charge in [-0.3, -0.25) is 4.79 Å². The number of esters is 1. The molecule has 0 spiro atoms. The van der Waals surface area contributed by atoms with Crippen molar-refractivity contribution in [3.8, 4) is 0 Å². The van der Waals surface area contributed by atoms with Gasteiger partial charge in [-0.25, -0.2) is 0 Å². The minimum absolute atomic E-state index is 0.0877. The van der Waals surface area contributed by atoms with Gasteiger partial charge in [0.1, 0.15) is 5.60 Å². The summed E-state index contributed by atoms with van der Waals surface area (Å²) >= 11 is 0. The van der Waals surface area contributed by atoms with E-state index in [1.165, 1.54) is 0 Å². The second-order valence-corrected chi connectivity index (χ2v) is 6.67. The zero-order valence-corrected chi connectivity index (χ0v) is 12.8. The van der Waals surface area contributed by atoms with Crippen LogP contribution in [0.25, 0.3) is 0 Å². The first-order chi connectivity index (χ1) is 8.67. The monoisotopic (exact) mass is 268 g/mol. The number of hydrogen-bond acceptors (Lipinski definition) is 3. The van der Waals surface area contributed by atoms with E-state index in [4.69, 9.17) is 4.74 Å². The normalized spacial score (nSPS) is 26.1. The minimum Gasteiger partial charge on any atom is -0.459 e. The highest BCUT2D eigenvalue weighted by Crippen LogP contribution is 2.38. The molecule has 0 amide bonds. The van der Waals surface area contributed by atoms with Crippen LogP contribution < -0.4 is 0 Å². The summed E-state index contributed by atoms with van der Waals surface area (Å²) in [5.41, 5.74) is -0.306. The van der Waals surface area contributed by atoms with E-state index in [0.717, 1.165) is 31.3 Å². The summed E-state index contributed by atoms with van der Waals surface area (Å²) in [6, 6.07) is 0. The number of rotatable bonds is 5. The molecule has 2 atom stereocenters. The van der Waals surface area contributed by atoms with Gasteiger partial charge in [-0.15, -0.1) is 0 Å². The molecule has 1 aliphatic carbocycles. The predicted molar refractivity (Wildman–Crippen MR) is 76.8 cm³/mol. The van der Waals surface area contributed by atoms with Gasteiger partial charge < -0.3 is 9.84 Å². The zero-order chi connectivity index (χ0) is 14.7. The van der Waals surface area contributed by atoms with Gasteiger partial charge in [0.2, 0.25) is 0 Å². The van der Waals surface area contributed by atoms with Crippen molar-refractivity contribution in [3.05, 3.63) is 12.2 Å². The molecule has 19 heavy (non-hydrogen) atoms. The summed E-state index contributed by atoms with van der Waals surface area (Å²) in [7, 11) is 0. The maximum absolute atomic E-state index is 11.9. The SMILES string of the molecule is C=C1CCCC(O)(CC(C)(C)OC(=O)C(C)CC)C1. The number of ether oxygens (including phenoxy) is 1. The van der Waals surface area contributed by atoms with Crippen LogP contribution in [0.4, 0.5) is 0 Å². The lowest BCUT2D eigenvalue weighted by atomic mass is 9.76. The van der Waals surface area contributed by atoms with Crippen LogP contribution in [0.2, 0.25) is 0 Å². The largest absolute Gasteiger partial charge is 0.459 e. The average molecular weight is 268 g/mol. The Kier molecular flexibility index (Phi) is 5.19. The Hall–Kier alpha value is -0.830. The van der Waals surface area contributed by atoms with Crippen LogP contribution in [-0.4, -0.2) is 22.3 Å². The lowest BCUT2D eigenvalue weighted by molar-refractivity contribution is -0.167. The summed E-state index contributed by atoms with van der Waals surface area (Å²) in [5.74, 6) is -0.263. The third-order valence-electron chi connectivity index (χ3n) is 3.90. The van der Waals surface area contributed by atoms with Crippen LogP contribution in [0.15, 0.2) is 12.2 Å². The second-order valence-electron chi connectivity index (χ2n) is 6.67. The minimum atomic E-state index is -0.769. The summed E-state index contributed by atoms with van der Waals surface area (Å²) in [6.45, 7) is 11.6. The van der Waals surface area contributed by atoms with Gasteiger partial charge in [-0.2, -0.15) is 0 Å². The molecule has 2 unspecified atom stereocenters. The third kappa shape index (κ3) is 4.98. The highest BCUT2D eigenvalue weighted by atomic mass is 16.6. The van der Waals surface area contributed by atoms with Crippen molar-refractivity contribution < 1.29 is 14.6 Å². The van der Waals surface area contributed by atoms with Crippen LogP contribution in [0.3, 0.4) is 0 Å². The fourth-order valence-corrected chi connectivity index (χ4v) is 2.83. The van der Waals surface area contributed by atoms with Crippen molar-refractivity contribution in [2.75, 3.05) is 0 Å². The van der Waals surface area contributed by atoms with Gasteiger partial charge in [-0.1, -0.05) is 26.0 Å². The number of carbonyl (C=O) groups excluding carboxylic acids is 1. The molecule has 110 valence electrons. The lowest BCUT2D eigenvalue weighted by Crippen LogP contribution is -2.43. The molecule has 1 rings (SSSR count). The molecule has 0 bridgehead atoms. The average Bonchev–Trinajstić information content (AvgIpc) is 2.24. The Balaban J connectivity index is 2.62. The number of hydrogen-bond donors (Lipinski definition) is 1. The highest BCUT2D eigenvalue weighted by Gasteiger charge is 2.39. The number of aliphatic hydroxyl groups is 1. The molecular formula is C16H28O3. The quantitative estimate of drug-likeness (QED) is 0.612. The molecule has 0 aliphatic heterocycles. The van der Waals surface area contributed by atoms with Crippen molar-refractivity contribution in [3.63, 3.8) is 0 Å². The van der Waals surface area contributed by atoms with Crippen LogP contribution in [0.1, 0.15) is 66.2 Å². The van der Waals surface area contributed by atoms with Crippen molar-refractivity contribution >= 4 is 5.97 Å². The first-order valence-corrected chi connectivity index (χ1v) is 7.29. The Morgan fingerprint density at radius 3 is 2.74 bits per heavy atom. The molecule has 0 aromatic heterocycles. The summed E-state index contributed by atoms with van der Waals surface area (Å²) in [4.78, 5) is 11.9. The fourth-order valence-electron chi connectivity index (χ4n) is 2.83. The fraction of sp³-hybridized carbons (Fsp3) is 0.812. The Bertz CT molecular complexity index is 346. The first-order valence-electron chi connectivity index (χ1n) is 7.29. The van der Waals surface area contributed by atoms with Crippen LogP contribution in [0.5, 0.6) is 0 Å². The van der Waals surface area contributed by atoms with Gasteiger partial charge in [0, 0.05) is 6.42 Å². The highest BCUT2D eigenvalue weighted by molar-refractivity contribution is 5.72. The predicted octanol–water partition coefficient (Wildman–Crippen LogP) is 3.61. The van der Waals surface area contributed by atoms with E-state index in [1.54, 1.807) is 0 Å². The van der Waals surface area contributed by atoms with Crippen LogP contribution >= 0.6 is 0 Å². The van der Waals surface area contributed by atoms with Crippen molar-refractivity contribution in [2.45, 2.75) is 77.4 Å². The molecule has 3 heteroatoms. The molecule has 0 radical (unpaired) electrons. The van der Waals surface area contributed by atoms with Crippen LogP contribution in [0, 0.1) is 5.92 Å². The molecule has 1 aliphatic rings. The van der Waals surface area contributed by atoms with Gasteiger partial charge in [-0.05, 0) is 46.0 Å². The van der Waals surface area contributed by atoms with E-state index in [-0.39, 0.29) is 11.9 Å². The van der Waals surface area contributed by atoms with Crippen molar-refractivity contribution in [1.29, 1.82) is 0 Å². The molecular weight excluding hydrogens is 240 g/mol. The zero-order valence-electron chi connectivity index (χ0n) is 12.8. The maximum atomic E-state index is 11.9. The van der Waals surface area contributed by atoms with Crippen LogP contribution in [-0.2, 0) is 9.53 Å². The Labute approximate surface area is 117 Å². The standard InChI is InChI=1S/C16H28O3/c1-6-13(3)14(17)19-15(4,5)11-16(18)9-7-8-12(2)10-16/h13,18H,2,6-11H2,1,3-5H3. The molecule has 1 fully saturated rings. The molecule has 1 saturated carbocycles. The van der Waals surface area contributed by atoms with E-state index >= 15 is 0 Å². The van der Waals surface area contributed by atoms with E-state index in [9.17, 15) is 9.90 Å². The Morgan fingerprint density at radius 1 is 1.58 bits per heavy atom. The maximum Gasteiger partial charge on any atom is 0.309 e. The smallest absolute Gasteiger partial charge is 0.309 e. The van der Waals surface area contributed by atoms with E-state index in [1.807, 2.05) is 27.7 Å². The molecule has 0 aromatic carbocycles. The first kappa shape index (κ1) is 16.2. The molecule has 3 nitrogen and oxygen atoms in total. The second kappa shape index (κ2) is 6.08. The lowest BCUT2D eigenvalue weighted by Gasteiger charge is -2.39. The van der Waals surface area contributed by atoms with Gasteiger partial charge in [0.05, 0.1) is 11.5 Å². The van der Waals surface area contributed by atoms with Gasteiger partial charge in [0.15, 0.2) is 0 Å². The molecule has 0 saturated heterocycles. The van der Waals surface area contributed by atoms with Crippen molar-refractivity contribution in [1.82, 2.24) is 0 Å². The molecule has 0 heterocycles. The number of carbonyl (C=O) groups is 1. The Morgan fingerprint density at radius 2 is 2.21 bits per heavy atom. The van der Waals surface area contributed by atoms with Crippen molar-refractivity contribution in [2.24, 2.45) is 5.92 Å². The van der Waals surface area contributed by atoms with E-state index < -0.39 is 11.2 Å². The topological polar surface area (TPSA) is 46.5 Å². The summed E-state index contributed by atoms with van der Waals surface area (Å²) in [6.07, 6.45) is 4.59. The third-order valence-corrected chi connectivity index (χ3v) is 3.90. The van der Waals surface area contributed by atoms with E-state index in [0.29, 0.717) is 12.8 Å². The van der Waals surface area contributed by atoms with Gasteiger partial charge >= 0.3 is 5.97 Å². The molecule has 1 N–H and O–H groups in total. The summed E-state index contributed by atoms with van der Waals surface area (Å²) in [5, 5.41) is 10.6. The summed E-state index contributed by atoms with van der Waals surface area (Å²) < 4.78 is 5.57.